The maximum Gasteiger partial charge on any atom is 0.190 e. The predicted octanol–water partition coefficient (Wildman–Crippen LogP) is 3.66. The molecular weight excluding hydrogens is 270 g/mol. The summed E-state index contributed by atoms with van der Waals surface area (Å²) >= 11 is 1.62. The molecule has 0 bridgehead atoms. The van der Waals surface area contributed by atoms with E-state index in [2.05, 4.69) is 4.98 Å². The van der Waals surface area contributed by atoms with Crippen molar-refractivity contribution in [1.29, 1.82) is 0 Å². The van der Waals surface area contributed by atoms with Gasteiger partial charge in [0.2, 0.25) is 0 Å². The summed E-state index contributed by atoms with van der Waals surface area (Å²) in [6, 6.07) is 13.7. The maximum atomic E-state index is 5.81. The van der Waals surface area contributed by atoms with Gasteiger partial charge in [-0.2, -0.15) is 0 Å². The molecule has 2 N–H and O–H groups in total. The molecule has 0 fully saturated rings. The van der Waals surface area contributed by atoms with Gasteiger partial charge in [0.15, 0.2) is 5.13 Å². The number of rotatable bonds is 3. The van der Waals surface area contributed by atoms with Gasteiger partial charge < -0.3 is 15.4 Å². The van der Waals surface area contributed by atoms with Crippen LogP contribution in [0.2, 0.25) is 0 Å². The highest BCUT2D eigenvalue weighted by atomic mass is 32.1. The van der Waals surface area contributed by atoms with E-state index in [9.17, 15) is 0 Å². The van der Waals surface area contributed by atoms with Gasteiger partial charge in [-0.3, -0.25) is 0 Å². The van der Waals surface area contributed by atoms with E-state index in [4.69, 9.17) is 10.5 Å². The number of nitrogen functional groups attached to an aromatic ring is 1. The lowest BCUT2D eigenvalue weighted by Gasteiger charge is -2.16. The molecule has 1 heterocycles. The summed E-state index contributed by atoms with van der Waals surface area (Å²) in [4.78, 5) is 6.68. The molecule has 0 unspecified atom stereocenters. The van der Waals surface area contributed by atoms with Gasteiger partial charge in [0.1, 0.15) is 5.75 Å². The Morgan fingerprint density at radius 1 is 1.20 bits per heavy atom. The highest BCUT2D eigenvalue weighted by Gasteiger charge is 2.11. The molecule has 0 spiro atoms. The van der Waals surface area contributed by atoms with Gasteiger partial charge in [0.25, 0.3) is 0 Å². The Bertz CT molecular complexity index is 754. The third-order valence-electron chi connectivity index (χ3n) is 3.13. The standard InChI is InChI=1S/C15H15N3OS/c1-18(11-4-3-5-12(9-11)19-2)15-17-13-7-6-10(16)8-14(13)20-15/h3-9H,16H2,1-2H3. The van der Waals surface area contributed by atoms with Crippen molar-refractivity contribution in [2.24, 2.45) is 0 Å². The topological polar surface area (TPSA) is 51.4 Å². The van der Waals surface area contributed by atoms with E-state index in [-0.39, 0.29) is 0 Å². The zero-order valence-electron chi connectivity index (χ0n) is 11.3. The molecule has 5 heteroatoms. The van der Waals surface area contributed by atoms with E-state index < -0.39 is 0 Å². The Hall–Kier alpha value is -2.27. The first-order valence-electron chi connectivity index (χ1n) is 6.21. The van der Waals surface area contributed by atoms with Crippen LogP contribution in [0.4, 0.5) is 16.5 Å². The van der Waals surface area contributed by atoms with Gasteiger partial charge in [0.05, 0.1) is 17.3 Å². The summed E-state index contributed by atoms with van der Waals surface area (Å²) in [7, 11) is 3.66. The minimum absolute atomic E-state index is 0.761. The van der Waals surface area contributed by atoms with Crippen LogP contribution < -0.4 is 15.4 Å². The lowest BCUT2D eigenvalue weighted by Crippen LogP contribution is -2.08. The van der Waals surface area contributed by atoms with Crippen LogP contribution in [0.25, 0.3) is 10.2 Å². The summed E-state index contributed by atoms with van der Waals surface area (Å²) < 4.78 is 6.35. The normalized spacial score (nSPS) is 10.7. The molecule has 3 rings (SSSR count). The quantitative estimate of drug-likeness (QED) is 0.746. The number of nitrogens with zero attached hydrogens (tertiary/aromatic N) is 2. The Morgan fingerprint density at radius 2 is 2.05 bits per heavy atom. The number of aromatic nitrogens is 1. The van der Waals surface area contributed by atoms with Crippen molar-refractivity contribution in [2.75, 3.05) is 24.8 Å². The molecule has 102 valence electrons. The number of methoxy groups -OCH3 is 1. The molecule has 3 aromatic rings. The smallest absolute Gasteiger partial charge is 0.190 e. The molecule has 0 atom stereocenters. The molecule has 0 saturated heterocycles. The van der Waals surface area contributed by atoms with E-state index in [1.165, 1.54) is 0 Å². The molecule has 2 aromatic carbocycles. The van der Waals surface area contributed by atoms with Gasteiger partial charge in [-0.05, 0) is 30.3 Å². The van der Waals surface area contributed by atoms with Crippen molar-refractivity contribution in [3.63, 3.8) is 0 Å². The zero-order chi connectivity index (χ0) is 14.1. The minimum atomic E-state index is 0.761. The maximum absolute atomic E-state index is 5.81. The molecule has 1 aromatic heterocycles. The lowest BCUT2D eigenvalue weighted by atomic mass is 10.3. The Balaban J connectivity index is 2.00. The van der Waals surface area contributed by atoms with Crippen molar-refractivity contribution < 1.29 is 4.74 Å². The molecule has 4 nitrogen and oxygen atoms in total. The number of fused-ring (bicyclic) bond motifs is 1. The number of thiazole rings is 1. The third-order valence-corrected chi connectivity index (χ3v) is 4.22. The van der Waals surface area contributed by atoms with Crippen molar-refractivity contribution in [3.05, 3.63) is 42.5 Å². The Labute approximate surface area is 121 Å². The molecule has 0 aliphatic heterocycles. The predicted molar refractivity (Wildman–Crippen MR) is 85.1 cm³/mol. The summed E-state index contributed by atoms with van der Waals surface area (Å²) in [5.74, 6) is 0.833. The molecule has 0 aliphatic rings. The number of ether oxygens (including phenoxy) is 1. The summed E-state index contributed by atoms with van der Waals surface area (Å²) in [5, 5.41) is 0.929. The second-order valence-electron chi connectivity index (χ2n) is 4.48. The van der Waals surface area contributed by atoms with E-state index in [0.717, 1.165) is 32.5 Å². The van der Waals surface area contributed by atoms with Gasteiger partial charge in [-0.25, -0.2) is 4.98 Å². The number of anilines is 3. The minimum Gasteiger partial charge on any atom is -0.497 e. The van der Waals surface area contributed by atoms with Crippen molar-refractivity contribution in [1.82, 2.24) is 4.98 Å². The van der Waals surface area contributed by atoms with E-state index in [1.807, 2.05) is 54.4 Å². The second kappa shape index (κ2) is 5.02. The lowest BCUT2D eigenvalue weighted by molar-refractivity contribution is 0.415. The molecule has 0 saturated carbocycles. The van der Waals surface area contributed by atoms with Gasteiger partial charge in [-0.1, -0.05) is 17.4 Å². The average Bonchev–Trinajstić information content (AvgIpc) is 2.89. The number of hydrogen-bond donors (Lipinski definition) is 1. The molecule has 20 heavy (non-hydrogen) atoms. The van der Waals surface area contributed by atoms with Crippen molar-refractivity contribution in [3.8, 4) is 5.75 Å². The fourth-order valence-corrected chi connectivity index (χ4v) is 3.00. The van der Waals surface area contributed by atoms with Crippen molar-refractivity contribution >= 4 is 38.1 Å². The molecule has 0 radical (unpaired) electrons. The van der Waals surface area contributed by atoms with Gasteiger partial charge >= 0.3 is 0 Å². The van der Waals surface area contributed by atoms with Crippen molar-refractivity contribution in [2.45, 2.75) is 0 Å². The summed E-state index contributed by atoms with van der Waals surface area (Å²) in [6.45, 7) is 0. The van der Waals surface area contributed by atoms with Crippen LogP contribution in [0.5, 0.6) is 5.75 Å². The molecular formula is C15H15N3OS. The molecule has 0 amide bonds. The van der Waals surface area contributed by atoms with Crippen LogP contribution in [0.15, 0.2) is 42.5 Å². The Morgan fingerprint density at radius 3 is 2.85 bits per heavy atom. The van der Waals surface area contributed by atoms with E-state index in [0.29, 0.717) is 0 Å². The van der Waals surface area contributed by atoms with Gasteiger partial charge in [-0.15, -0.1) is 0 Å². The number of nitrogens with two attached hydrogens (primary N) is 1. The van der Waals surface area contributed by atoms with Crippen LogP contribution in [0.3, 0.4) is 0 Å². The second-order valence-corrected chi connectivity index (χ2v) is 5.49. The van der Waals surface area contributed by atoms with Crippen LogP contribution in [-0.4, -0.2) is 19.1 Å². The fourth-order valence-electron chi connectivity index (χ4n) is 2.00. The largest absolute Gasteiger partial charge is 0.497 e. The first kappa shape index (κ1) is 12.7. The van der Waals surface area contributed by atoms with Crippen LogP contribution >= 0.6 is 11.3 Å². The summed E-state index contributed by atoms with van der Waals surface area (Å²) in [5.41, 5.74) is 8.57. The Kier molecular flexibility index (Phi) is 3.20. The monoisotopic (exact) mass is 285 g/mol. The fraction of sp³-hybridized carbons (Fsp3) is 0.133. The SMILES string of the molecule is COc1cccc(N(C)c2nc3ccc(N)cc3s2)c1. The van der Waals surface area contributed by atoms with Crippen LogP contribution in [-0.2, 0) is 0 Å². The van der Waals surface area contributed by atoms with Crippen LogP contribution in [0.1, 0.15) is 0 Å². The molecule has 0 aliphatic carbocycles. The average molecular weight is 285 g/mol. The number of benzene rings is 2. The van der Waals surface area contributed by atoms with Gasteiger partial charge in [0, 0.05) is 24.5 Å². The van der Waals surface area contributed by atoms with E-state index in [1.54, 1.807) is 18.4 Å². The highest BCUT2D eigenvalue weighted by Crippen LogP contribution is 2.34. The van der Waals surface area contributed by atoms with E-state index >= 15 is 0 Å². The highest BCUT2D eigenvalue weighted by molar-refractivity contribution is 7.22. The third kappa shape index (κ3) is 2.28. The summed E-state index contributed by atoms with van der Waals surface area (Å²) in [6.07, 6.45) is 0. The zero-order valence-corrected chi connectivity index (χ0v) is 12.1. The van der Waals surface area contributed by atoms with Crippen LogP contribution in [0, 0.1) is 0 Å². The first-order chi connectivity index (χ1) is 9.67. The number of hydrogen-bond acceptors (Lipinski definition) is 5. The first-order valence-corrected chi connectivity index (χ1v) is 7.03.